The van der Waals surface area contributed by atoms with E-state index in [0.717, 1.165) is 10.9 Å². The molecular formula is C11H9NO2. The monoisotopic (exact) mass is 187 g/mol. The molecule has 14 heavy (non-hydrogen) atoms. The van der Waals surface area contributed by atoms with Crippen LogP contribution in [0.2, 0.25) is 0 Å². The summed E-state index contributed by atoms with van der Waals surface area (Å²) in [4.78, 5) is 3.06. The highest BCUT2D eigenvalue weighted by Gasteiger charge is 1.96. The average molecular weight is 187 g/mol. The van der Waals surface area contributed by atoms with E-state index >= 15 is 0 Å². The number of fused-ring (bicyclic) bond motifs is 1. The second-order valence-corrected chi connectivity index (χ2v) is 2.91. The van der Waals surface area contributed by atoms with Crippen LogP contribution in [0.1, 0.15) is 5.69 Å². The van der Waals surface area contributed by atoms with Gasteiger partial charge in [-0.15, -0.1) is 0 Å². The normalized spacial score (nSPS) is 10.2. The molecule has 3 nitrogen and oxygen atoms in total. The van der Waals surface area contributed by atoms with Crippen molar-refractivity contribution in [1.82, 2.24) is 4.98 Å². The Kier molecular flexibility index (Phi) is 2.23. The third-order valence-corrected chi connectivity index (χ3v) is 1.87. The lowest BCUT2D eigenvalue weighted by Gasteiger charge is -1.85. The molecule has 1 aromatic carbocycles. The molecule has 2 rings (SSSR count). The molecule has 3 N–H and O–H groups in total. The molecule has 0 atom stereocenters. The fourth-order valence-corrected chi connectivity index (χ4v) is 1.28. The fourth-order valence-electron chi connectivity index (χ4n) is 1.28. The van der Waals surface area contributed by atoms with E-state index in [4.69, 9.17) is 10.2 Å². The molecule has 0 bridgehead atoms. The lowest BCUT2D eigenvalue weighted by Crippen LogP contribution is -1.98. The zero-order chi connectivity index (χ0) is 9.97. The van der Waals surface area contributed by atoms with E-state index in [1.807, 2.05) is 30.3 Å². The summed E-state index contributed by atoms with van der Waals surface area (Å²) in [5.41, 5.74) is 1.67. The van der Waals surface area contributed by atoms with Crippen LogP contribution in [-0.4, -0.2) is 21.5 Å². The number of rotatable bonds is 0. The summed E-state index contributed by atoms with van der Waals surface area (Å²) in [6.45, 7) is 0. The van der Waals surface area contributed by atoms with Crippen LogP contribution in [0.3, 0.4) is 0 Å². The maximum atomic E-state index is 8.56. The molecule has 1 heterocycles. The third-order valence-electron chi connectivity index (χ3n) is 1.87. The van der Waals surface area contributed by atoms with E-state index in [-0.39, 0.29) is 0 Å². The lowest BCUT2D eigenvalue weighted by molar-refractivity contribution is 0.0108. The van der Waals surface area contributed by atoms with Gasteiger partial charge in [-0.05, 0) is 24.0 Å². The van der Waals surface area contributed by atoms with E-state index in [0.29, 0.717) is 5.69 Å². The fraction of sp³-hybridized carbons (Fsp3) is 0.0909. The van der Waals surface area contributed by atoms with Gasteiger partial charge in [-0.3, -0.25) is 0 Å². The average Bonchev–Trinajstić information content (AvgIpc) is 2.57. The van der Waals surface area contributed by atoms with Crippen molar-refractivity contribution in [2.45, 2.75) is 6.29 Å². The van der Waals surface area contributed by atoms with Crippen LogP contribution >= 0.6 is 0 Å². The topological polar surface area (TPSA) is 56.2 Å². The Morgan fingerprint density at radius 2 is 2.00 bits per heavy atom. The number of aliphatic hydroxyl groups is 2. The summed E-state index contributed by atoms with van der Waals surface area (Å²) in [6.07, 6.45) is -1.58. The maximum absolute atomic E-state index is 8.56. The summed E-state index contributed by atoms with van der Waals surface area (Å²) in [5, 5.41) is 18.2. The first-order valence-electron chi connectivity index (χ1n) is 4.21. The van der Waals surface area contributed by atoms with Gasteiger partial charge in [-0.1, -0.05) is 18.2 Å². The Labute approximate surface area is 81.0 Å². The van der Waals surface area contributed by atoms with E-state index in [1.165, 1.54) is 0 Å². The van der Waals surface area contributed by atoms with Crippen molar-refractivity contribution in [2.75, 3.05) is 0 Å². The highest BCUT2D eigenvalue weighted by Crippen LogP contribution is 2.13. The standard InChI is InChI=1S/C11H9NO2/c13-11(14)6-5-9-7-8-3-1-2-4-10(8)12-9/h1-4,7,11-14H. The number of benzene rings is 1. The molecular weight excluding hydrogens is 178 g/mol. The van der Waals surface area contributed by atoms with Crippen molar-refractivity contribution >= 4 is 10.9 Å². The van der Waals surface area contributed by atoms with E-state index < -0.39 is 6.29 Å². The summed E-state index contributed by atoms with van der Waals surface area (Å²) in [6, 6.07) is 9.64. The highest BCUT2D eigenvalue weighted by molar-refractivity contribution is 5.81. The van der Waals surface area contributed by atoms with Crippen molar-refractivity contribution in [3.63, 3.8) is 0 Å². The molecule has 0 saturated carbocycles. The predicted molar refractivity (Wildman–Crippen MR) is 53.4 cm³/mol. The van der Waals surface area contributed by atoms with Gasteiger partial charge < -0.3 is 15.2 Å². The predicted octanol–water partition coefficient (Wildman–Crippen LogP) is 0.830. The minimum Gasteiger partial charge on any atom is -0.358 e. The van der Waals surface area contributed by atoms with Crippen LogP contribution < -0.4 is 0 Å². The molecule has 0 aliphatic carbocycles. The van der Waals surface area contributed by atoms with Crippen LogP contribution in [0.25, 0.3) is 10.9 Å². The number of hydrogen-bond acceptors (Lipinski definition) is 2. The van der Waals surface area contributed by atoms with Crippen LogP contribution in [0.5, 0.6) is 0 Å². The van der Waals surface area contributed by atoms with Gasteiger partial charge >= 0.3 is 0 Å². The second-order valence-electron chi connectivity index (χ2n) is 2.91. The SMILES string of the molecule is OC(O)C#Cc1cc2ccccc2[nH]1. The third kappa shape index (κ3) is 1.77. The molecule has 2 aromatic rings. The molecule has 3 heteroatoms. The summed E-state index contributed by atoms with van der Waals surface area (Å²) >= 11 is 0. The first-order chi connectivity index (χ1) is 6.75. The Balaban J connectivity index is 2.42. The van der Waals surface area contributed by atoms with Crippen molar-refractivity contribution in [2.24, 2.45) is 0 Å². The number of aromatic amines is 1. The van der Waals surface area contributed by atoms with Crippen LogP contribution in [0.4, 0.5) is 0 Å². The van der Waals surface area contributed by atoms with E-state index in [9.17, 15) is 0 Å². The van der Waals surface area contributed by atoms with Crippen LogP contribution in [0, 0.1) is 11.8 Å². The van der Waals surface area contributed by atoms with Crippen molar-refractivity contribution in [3.05, 3.63) is 36.0 Å². The second kappa shape index (κ2) is 3.54. The van der Waals surface area contributed by atoms with Gasteiger partial charge in [0, 0.05) is 10.9 Å². The first kappa shape index (κ1) is 8.82. The number of para-hydroxylation sites is 1. The first-order valence-corrected chi connectivity index (χ1v) is 4.21. The molecule has 0 unspecified atom stereocenters. The molecule has 0 spiro atoms. The van der Waals surface area contributed by atoms with Gasteiger partial charge in [0.25, 0.3) is 0 Å². The smallest absolute Gasteiger partial charge is 0.217 e. The molecule has 0 amide bonds. The van der Waals surface area contributed by atoms with Crippen LogP contribution in [-0.2, 0) is 0 Å². The van der Waals surface area contributed by atoms with Gasteiger partial charge in [0.2, 0.25) is 6.29 Å². The van der Waals surface area contributed by atoms with Crippen molar-refractivity contribution in [3.8, 4) is 11.8 Å². The summed E-state index contributed by atoms with van der Waals surface area (Å²) in [5.74, 6) is 4.88. The molecule has 0 saturated heterocycles. The zero-order valence-corrected chi connectivity index (χ0v) is 7.36. The zero-order valence-electron chi connectivity index (χ0n) is 7.36. The highest BCUT2D eigenvalue weighted by atomic mass is 16.5. The van der Waals surface area contributed by atoms with Crippen LogP contribution in [0.15, 0.2) is 30.3 Å². The minimum absolute atomic E-state index is 0.680. The molecule has 0 fully saturated rings. The van der Waals surface area contributed by atoms with Gasteiger partial charge in [-0.2, -0.15) is 0 Å². The Bertz CT molecular complexity index is 469. The van der Waals surface area contributed by atoms with Gasteiger partial charge in [0.05, 0.1) is 5.69 Å². The van der Waals surface area contributed by atoms with Crippen molar-refractivity contribution < 1.29 is 10.2 Å². The molecule has 70 valence electrons. The largest absolute Gasteiger partial charge is 0.358 e. The van der Waals surface area contributed by atoms with Gasteiger partial charge in [0.15, 0.2) is 0 Å². The number of hydrogen-bond donors (Lipinski definition) is 3. The summed E-state index contributed by atoms with van der Waals surface area (Å²) in [7, 11) is 0. The number of aromatic nitrogens is 1. The van der Waals surface area contributed by atoms with Crippen molar-refractivity contribution in [1.29, 1.82) is 0 Å². The van der Waals surface area contributed by atoms with Gasteiger partial charge in [-0.25, -0.2) is 0 Å². The Hall–Kier alpha value is -1.76. The minimum atomic E-state index is -1.58. The molecule has 0 aliphatic rings. The molecule has 0 radical (unpaired) electrons. The number of nitrogens with one attached hydrogen (secondary N) is 1. The van der Waals surface area contributed by atoms with E-state index in [2.05, 4.69) is 16.8 Å². The quantitative estimate of drug-likeness (QED) is 0.422. The number of H-pyrrole nitrogens is 1. The number of aliphatic hydroxyl groups excluding tert-OH is 1. The molecule has 0 aliphatic heterocycles. The Morgan fingerprint density at radius 3 is 2.71 bits per heavy atom. The molecule has 1 aromatic heterocycles. The van der Waals surface area contributed by atoms with Gasteiger partial charge in [0.1, 0.15) is 0 Å². The van der Waals surface area contributed by atoms with E-state index in [1.54, 1.807) is 0 Å². The lowest BCUT2D eigenvalue weighted by atomic mass is 10.2. The summed E-state index contributed by atoms with van der Waals surface area (Å²) < 4.78 is 0. The maximum Gasteiger partial charge on any atom is 0.217 e. The Morgan fingerprint density at radius 1 is 1.21 bits per heavy atom.